The van der Waals surface area contributed by atoms with Crippen molar-refractivity contribution < 1.29 is 4.79 Å². The van der Waals surface area contributed by atoms with Crippen LogP contribution in [0, 0.1) is 6.92 Å². The maximum atomic E-state index is 12.0. The molecule has 3 heterocycles. The van der Waals surface area contributed by atoms with Gasteiger partial charge >= 0.3 is 0 Å². The lowest BCUT2D eigenvalue weighted by molar-refractivity contribution is -0.115. The van der Waals surface area contributed by atoms with Crippen molar-refractivity contribution in [2.45, 2.75) is 58.7 Å². The Bertz CT molecular complexity index is 1490. The van der Waals surface area contributed by atoms with E-state index in [-0.39, 0.29) is 23.5 Å². The SMILES string of the molecule is CCC(=O)Nc1ccc(N2C(=S)N[C@@H](c3ccccn3)[C@@H]2c2cc3c(cc2Cl)N(C)C(C)(C)C=C3C)cc1C. The molecule has 5 rings (SSSR count). The number of nitrogens with one attached hydrogen (secondary N) is 2. The van der Waals surface area contributed by atoms with Gasteiger partial charge in [0.2, 0.25) is 5.91 Å². The highest BCUT2D eigenvalue weighted by molar-refractivity contribution is 7.80. The largest absolute Gasteiger partial charge is 0.365 e. The number of pyridine rings is 1. The number of amides is 1. The zero-order valence-corrected chi connectivity index (χ0v) is 24.7. The van der Waals surface area contributed by atoms with Gasteiger partial charge in [0.1, 0.15) is 0 Å². The fourth-order valence-electron chi connectivity index (χ4n) is 5.54. The topological polar surface area (TPSA) is 60.5 Å². The zero-order chi connectivity index (χ0) is 28.1. The zero-order valence-electron chi connectivity index (χ0n) is 23.2. The van der Waals surface area contributed by atoms with Gasteiger partial charge < -0.3 is 20.4 Å². The standard InChI is InChI=1S/C31H34ClN5OS/c1-7-27(38)34-24-12-11-20(14-18(24)2)37-29(28(35-30(37)39)25-10-8-9-13-33-25)22-15-21-19(3)17-31(4,5)36(6)26(21)16-23(22)32/h8-17,28-29H,7H2,1-6H3,(H,34,38)(H,35,39)/t28-,29-/m0/s1. The fraction of sp³-hybridized carbons (Fsp3) is 0.323. The Balaban J connectivity index is 1.65. The van der Waals surface area contributed by atoms with Crippen molar-refractivity contribution in [3.05, 3.63) is 88.2 Å². The normalized spacial score (nSPS) is 19.9. The average molecular weight is 560 g/mol. The number of thiocarbonyl (C=S) groups is 1. The number of likely N-dealkylation sites (N-methyl/N-ethyl adjacent to an activating group) is 1. The van der Waals surface area contributed by atoms with Crippen molar-refractivity contribution in [2.24, 2.45) is 0 Å². The summed E-state index contributed by atoms with van der Waals surface area (Å²) in [6, 6.07) is 15.7. The highest BCUT2D eigenvalue weighted by atomic mass is 35.5. The van der Waals surface area contributed by atoms with E-state index in [1.54, 1.807) is 6.20 Å². The molecule has 2 aliphatic rings. The number of anilines is 3. The number of aryl methyl sites for hydroxylation is 1. The van der Waals surface area contributed by atoms with Crippen LogP contribution in [0.25, 0.3) is 5.57 Å². The molecular weight excluding hydrogens is 526 g/mol. The summed E-state index contributed by atoms with van der Waals surface area (Å²) in [5, 5.41) is 7.78. The van der Waals surface area contributed by atoms with E-state index < -0.39 is 0 Å². The summed E-state index contributed by atoms with van der Waals surface area (Å²) < 4.78 is 0. The number of rotatable bonds is 5. The minimum absolute atomic E-state index is 0.0188. The molecule has 0 aliphatic carbocycles. The van der Waals surface area contributed by atoms with E-state index >= 15 is 0 Å². The molecule has 1 saturated heterocycles. The van der Waals surface area contributed by atoms with Gasteiger partial charge in [-0.25, -0.2) is 0 Å². The molecule has 2 N–H and O–H groups in total. The van der Waals surface area contributed by atoms with Gasteiger partial charge in [-0.3, -0.25) is 9.78 Å². The minimum Gasteiger partial charge on any atom is -0.365 e. The van der Waals surface area contributed by atoms with E-state index in [0.717, 1.165) is 39.4 Å². The number of allylic oxidation sites excluding steroid dienone is 1. The molecule has 2 aromatic carbocycles. The lowest BCUT2D eigenvalue weighted by Crippen LogP contribution is -2.42. The summed E-state index contributed by atoms with van der Waals surface area (Å²) in [6.07, 6.45) is 4.52. The van der Waals surface area contributed by atoms with Crippen molar-refractivity contribution in [2.75, 3.05) is 22.2 Å². The quantitative estimate of drug-likeness (QED) is 0.322. The van der Waals surface area contributed by atoms with Gasteiger partial charge in [-0.05, 0) is 99.1 Å². The van der Waals surface area contributed by atoms with Gasteiger partial charge in [0.05, 0.1) is 23.3 Å². The van der Waals surface area contributed by atoms with E-state index in [4.69, 9.17) is 23.8 Å². The second-order valence-corrected chi connectivity index (χ2v) is 11.6. The van der Waals surface area contributed by atoms with E-state index in [0.29, 0.717) is 16.6 Å². The van der Waals surface area contributed by atoms with Crippen molar-refractivity contribution >= 4 is 57.5 Å². The van der Waals surface area contributed by atoms with Crippen molar-refractivity contribution in [1.82, 2.24) is 10.3 Å². The van der Waals surface area contributed by atoms with Gasteiger partial charge in [-0.15, -0.1) is 0 Å². The van der Waals surface area contributed by atoms with Crippen molar-refractivity contribution in [1.29, 1.82) is 0 Å². The summed E-state index contributed by atoms with van der Waals surface area (Å²) in [7, 11) is 2.11. The molecule has 2 atom stereocenters. The summed E-state index contributed by atoms with van der Waals surface area (Å²) in [6.45, 7) is 10.4. The smallest absolute Gasteiger partial charge is 0.224 e. The first-order chi connectivity index (χ1) is 18.5. The molecule has 1 amide bonds. The minimum atomic E-state index is -0.242. The van der Waals surface area contributed by atoms with Gasteiger partial charge in [0.25, 0.3) is 0 Å². The number of fused-ring (bicyclic) bond motifs is 1. The molecule has 1 aromatic heterocycles. The number of hydrogen-bond donors (Lipinski definition) is 2. The molecule has 8 heteroatoms. The van der Waals surface area contributed by atoms with Crippen molar-refractivity contribution in [3.8, 4) is 0 Å². The highest BCUT2D eigenvalue weighted by Crippen LogP contribution is 2.48. The summed E-state index contributed by atoms with van der Waals surface area (Å²) in [5.41, 5.74) is 7.88. The number of carbonyl (C=O) groups is 1. The number of nitrogens with zero attached hydrogens (tertiary/aromatic N) is 3. The molecule has 0 bridgehead atoms. The lowest BCUT2D eigenvalue weighted by Gasteiger charge is -2.41. The van der Waals surface area contributed by atoms with Crippen LogP contribution in [0.1, 0.15) is 68.6 Å². The third kappa shape index (κ3) is 4.90. The van der Waals surface area contributed by atoms with Crippen LogP contribution < -0.4 is 20.4 Å². The van der Waals surface area contributed by atoms with Gasteiger partial charge in [0.15, 0.2) is 5.11 Å². The highest BCUT2D eigenvalue weighted by Gasteiger charge is 2.42. The molecule has 202 valence electrons. The Kier molecular flexibility index (Phi) is 7.16. The molecule has 39 heavy (non-hydrogen) atoms. The molecule has 1 fully saturated rings. The third-order valence-corrected chi connectivity index (χ3v) is 8.48. The Morgan fingerprint density at radius 3 is 2.62 bits per heavy atom. The molecule has 0 unspecified atom stereocenters. The van der Waals surface area contributed by atoms with Gasteiger partial charge in [0, 0.05) is 47.3 Å². The fourth-order valence-corrected chi connectivity index (χ4v) is 6.16. The molecule has 0 radical (unpaired) electrons. The molecule has 3 aromatic rings. The number of carbonyl (C=O) groups excluding carboxylic acids is 1. The summed E-state index contributed by atoms with van der Waals surface area (Å²) in [5.74, 6) is -0.0188. The maximum absolute atomic E-state index is 12.0. The van der Waals surface area contributed by atoms with E-state index in [2.05, 4.69) is 77.5 Å². The van der Waals surface area contributed by atoms with E-state index in [9.17, 15) is 4.79 Å². The molecular formula is C31H34ClN5OS. The van der Waals surface area contributed by atoms with Crippen LogP contribution in [0.15, 0.2) is 60.8 Å². The number of hydrogen-bond acceptors (Lipinski definition) is 4. The predicted octanol–water partition coefficient (Wildman–Crippen LogP) is 7.20. The Morgan fingerprint density at radius 1 is 1.18 bits per heavy atom. The number of aromatic nitrogens is 1. The van der Waals surface area contributed by atoms with E-state index in [1.807, 2.05) is 44.2 Å². The number of halogens is 1. The van der Waals surface area contributed by atoms with Crippen LogP contribution in [-0.4, -0.2) is 28.6 Å². The van der Waals surface area contributed by atoms with Crippen LogP contribution in [0.3, 0.4) is 0 Å². The number of benzene rings is 2. The lowest BCUT2D eigenvalue weighted by atomic mass is 9.86. The van der Waals surface area contributed by atoms with Crippen LogP contribution in [0.5, 0.6) is 0 Å². The summed E-state index contributed by atoms with van der Waals surface area (Å²) in [4.78, 5) is 21.1. The second kappa shape index (κ2) is 10.3. The van der Waals surface area contributed by atoms with Crippen LogP contribution in [-0.2, 0) is 4.79 Å². The van der Waals surface area contributed by atoms with Gasteiger partial charge in [-0.2, -0.15) is 0 Å². The average Bonchev–Trinajstić information content (AvgIpc) is 3.25. The predicted molar refractivity (Wildman–Crippen MR) is 166 cm³/mol. The Morgan fingerprint density at radius 2 is 1.95 bits per heavy atom. The van der Waals surface area contributed by atoms with Crippen LogP contribution >= 0.6 is 23.8 Å². The van der Waals surface area contributed by atoms with Crippen molar-refractivity contribution in [3.63, 3.8) is 0 Å². The summed E-state index contributed by atoms with van der Waals surface area (Å²) >= 11 is 13.1. The molecule has 2 aliphatic heterocycles. The van der Waals surface area contributed by atoms with Gasteiger partial charge in [-0.1, -0.05) is 30.7 Å². The first-order valence-electron chi connectivity index (χ1n) is 13.2. The second-order valence-electron chi connectivity index (χ2n) is 10.8. The molecule has 0 saturated carbocycles. The molecule has 0 spiro atoms. The first-order valence-corrected chi connectivity index (χ1v) is 14.0. The Labute approximate surface area is 241 Å². The Hall–Kier alpha value is -3.42. The third-order valence-electron chi connectivity index (χ3n) is 7.84. The maximum Gasteiger partial charge on any atom is 0.224 e. The molecule has 6 nitrogen and oxygen atoms in total. The van der Waals surface area contributed by atoms with Crippen LogP contribution in [0.2, 0.25) is 5.02 Å². The van der Waals surface area contributed by atoms with E-state index in [1.165, 1.54) is 5.57 Å². The van der Waals surface area contributed by atoms with Crippen LogP contribution in [0.4, 0.5) is 17.1 Å². The first kappa shape index (κ1) is 27.2. The monoisotopic (exact) mass is 559 g/mol.